The molecule has 1 aliphatic carbocycles. The highest BCUT2D eigenvalue weighted by atomic mass is 16.5. The first kappa shape index (κ1) is 19.9. The molecule has 2 aromatic carbocycles. The van der Waals surface area contributed by atoms with Crippen molar-refractivity contribution in [1.82, 2.24) is 10.3 Å². The second-order valence-corrected chi connectivity index (χ2v) is 7.23. The minimum absolute atomic E-state index is 0.0431. The summed E-state index contributed by atoms with van der Waals surface area (Å²) in [6, 6.07) is 19.2. The van der Waals surface area contributed by atoms with E-state index >= 15 is 0 Å². The molecule has 30 heavy (non-hydrogen) atoms. The Morgan fingerprint density at radius 3 is 2.33 bits per heavy atom. The van der Waals surface area contributed by atoms with Crippen molar-refractivity contribution in [2.24, 2.45) is 0 Å². The average Bonchev–Trinajstić information content (AvgIpc) is 3.09. The number of anilines is 1. The van der Waals surface area contributed by atoms with Crippen molar-refractivity contribution in [3.05, 3.63) is 83.6 Å². The van der Waals surface area contributed by atoms with Crippen molar-refractivity contribution in [3.8, 4) is 11.1 Å². The number of carbonyl (C=O) groups excluding carboxylic acids is 1. The van der Waals surface area contributed by atoms with E-state index in [2.05, 4.69) is 22.4 Å². The third kappa shape index (κ3) is 3.98. The fourth-order valence-electron chi connectivity index (χ4n) is 3.82. The highest BCUT2D eigenvalue weighted by Crippen LogP contribution is 2.44. The lowest BCUT2D eigenvalue weighted by Gasteiger charge is -2.19. The minimum atomic E-state index is -1.22. The number of pyridine rings is 1. The van der Waals surface area contributed by atoms with E-state index in [0.29, 0.717) is 5.56 Å². The molecule has 1 aliphatic rings. The first-order valence-corrected chi connectivity index (χ1v) is 9.71. The van der Waals surface area contributed by atoms with Gasteiger partial charge in [0.05, 0.1) is 0 Å². The molecule has 4 rings (SSSR count). The third-order valence-corrected chi connectivity index (χ3v) is 5.31. The average molecular weight is 405 g/mol. The fraction of sp³-hybridized carbons (Fsp3) is 0.217. The molecule has 1 heterocycles. The Hall–Kier alpha value is -3.42. The molecule has 154 valence electrons. The summed E-state index contributed by atoms with van der Waals surface area (Å²) in [4.78, 5) is 16.0. The number of alkyl carbamates (subject to hydrolysis) is 1. The van der Waals surface area contributed by atoms with E-state index in [0.717, 1.165) is 22.3 Å². The molecule has 0 radical (unpaired) electrons. The van der Waals surface area contributed by atoms with Gasteiger partial charge in [0.1, 0.15) is 24.6 Å². The molecule has 0 aliphatic heterocycles. The van der Waals surface area contributed by atoms with Gasteiger partial charge in [-0.3, -0.25) is 0 Å². The van der Waals surface area contributed by atoms with E-state index in [-0.39, 0.29) is 24.9 Å². The summed E-state index contributed by atoms with van der Waals surface area (Å²) in [6.45, 7) is 0.0134. The molecule has 0 fully saturated rings. The molecule has 2 atom stereocenters. The Bertz CT molecular complexity index is 1010. The molecule has 5 N–H and O–H groups in total. The standard InChI is InChI=1S/C23H23N3O4/c24-21-11-14(9-10-25-21)22(28)20(27)12-26-23(29)30-13-19-17-7-3-1-5-15(17)16-6-2-4-8-18(16)19/h1-11,19-20,22,27-28H,12-13H2,(H2,24,25)(H,26,29). The van der Waals surface area contributed by atoms with Gasteiger partial charge in [-0.1, -0.05) is 48.5 Å². The Morgan fingerprint density at radius 1 is 1.07 bits per heavy atom. The van der Waals surface area contributed by atoms with Gasteiger partial charge in [-0.05, 0) is 39.9 Å². The van der Waals surface area contributed by atoms with Gasteiger partial charge in [0.15, 0.2) is 0 Å². The minimum Gasteiger partial charge on any atom is -0.449 e. The molecule has 0 spiro atoms. The number of amides is 1. The van der Waals surface area contributed by atoms with Gasteiger partial charge in [0, 0.05) is 18.7 Å². The van der Waals surface area contributed by atoms with Gasteiger partial charge in [-0.25, -0.2) is 9.78 Å². The highest BCUT2D eigenvalue weighted by molar-refractivity contribution is 5.79. The summed E-state index contributed by atoms with van der Waals surface area (Å²) >= 11 is 0. The van der Waals surface area contributed by atoms with Crippen LogP contribution in [0.2, 0.25) is 0 Å². The Labute approximate surface area is 174 Å². The smallest absolute Gasteiger partial charge is 0.407 e. The Morgan fingerprint density at radius 2 is 1.70 bits per heavy atom. The number of nitrogens with two attached hydrogens (primary N) is 1. The maximum Gasteiger partial charge on any atom is 0.407 e. The largest absolute Gasteiger partial charge is 0.449 e. The Kier molecular flexibility index (Phi) is 5.65. The van der Waals surface area contributed by atoms with E-state index in [1.165, 1.54) is 12.3 Å². The van der Waals surface area contributed by atoms with Crippen molar-refractivity contribution in [2.45, 2.75) is 18.1 Å². The van der Waals surface area contributed by atoms with Gasteiger partial charge >= 0.3 is 6.09 Å². The number of rotatable bonds is 6. The molecule has 0 saturated heterocycles. The van der Waals surface area contributed by atoms with Crippen molar-refractivity contribution < 1.29 is 19.7 Å². The SMILES string of the molecule is Nc1cc(C(O)C(O)CNC(=O)OCC2c3ccccc3-c3ccccc32)ccn1. The second kappa shape index (κ2) is 8.52. The van der Waals surface area contributed by atoms with Crippen molar-refractivity contribution in [3.63, 3.8) is 0 Å². The molecule has 1 aromatic heterocycles. The summed E-state index contributed by atoms with van der Waals surface area (Å²) in [7, 11) is 0. The number of aliphatic hydroxyl groups excluding tert-OH is 2. The van der Waals surface area contributed by atoms with E-state index in [1.807, 2.05) is 36.4 Å². The zero-order valence-corrected chi connectivity index (χ0v) is 16.2. The van der Waals surface area contributed by atoms with Crippen LogP contribution >= 0.6 is 0 Å². The first-order valence-electron chi connectivity index (χ1n) is 9.71. The van der Waals surface area contributed by atoms with Crippen molar-refractivity contribution >= 4 is 11.9 Å². The predicted molar refractivity (Wildman–Crippen MR) is 113 cm³/mol. The zero-order chi connectivity index (χ0) is 21.1. The number of nitrogens with one attached hydrogen (secondary N) is 1. The number of nitrogen functional groups attached to an aromatic ring is 1. The quantitative estimate of drug-likeness (QED) is 0.501. The van der Waals surface area contributed by atoms with E-state index in [9.17, 15) is 15.0 Å². The van der Waals surface area contributed by atoms with Gasteiger partial charge in [-0.15, -0.1) is 0 Å². The summed E-state index contributed by atoms with van der Waals surface area (Å²) in [5.41, 5.74) is 10.6. The molecule has 7 nitrogen and oxygen atoms in total. The van der Waals surface area contributed by atoms with Crippen LogP contribution in [0.1, 0.15) is 28.7 Å². The maximum absolute atomic E-state index is 12.2. The molecule has 2 unspecified atom stereocenters. The van der Waals surface area contributed by atoms with Crippen LogP contribution in [0.4, 0.5) is 10.6 Å². The third-order valence-electron chi connectivity index (χ3n) is 5.31. The number of aromatic nitrogens is 1. The number of ether oxygens (including phenoxy) is 1. The number of nitrogens with zero attached hydrogens (tertiary/aromatic N) is 1. The van der Waals surface area contributed by atoms with Crippen LogP contribution in [0.5, 0.6) is 0 Å². The van der Waals surface area contributed by atoms with Crippen LogP contribution in [-0.4, -0.2) is 40.5 Å². The summed E-state index contributed by atoms with van der Waals surface area (Å²) in [5, 5.41) is 22.9. The maximum atomic E-state index is 12.2. The van der Waals surface area contributed by atoms with Gasteiger partial charge in [0.2, 0.25) is 0 Å². The summed E-state index contributed by atoms with van der Waals surface area (Å²) in [5.74, 6) is 0.196. The topological polar surface area (TPSA) is 118 Å². The van der Waals surface area contributed by atoms with Crippen LogP contribution < -0.4 is 11.1 Å². The lowest BCUT2D eigenvalue weighted by molar-refractivity contribution is 0.0185. The monoisotopic (exact) mass is 405 g/mol. The predicted octanol–water partition coefficient (Wildman–Crippen LogP) is 2.60. The van der Waals surface area contributed by atoms with Gasteiger partial charge in [-0.2, -0.15) is 0 Å². The highest BCUT2D eigenvalue weighted by Gasteiger charge is 2.29. The number of benzene rings is 2. The summed E-state index contributed by atoms with van der Waals surface area (Å²) < 4.78 is 5.42. The van der Waals surface area contributed by atoms with Crippen molar-refractivity contribution in [1.29, 1.82) is 0 Å². The van der Waals surface area contributed by atoms with Gasteiger partial charge < -0.3 is 26.0 Å². The van der Waals surface area contributed by atoms with E-state index in [1.54, 1.807) is 6.07 Å². The van der Waals surface area contributed by atoms with E-state index in [4.69, 9.17) is 10.5 Å². The normalized spacial score (nSPS) is 14.5. The lowest BCUT2D eigenvalue weighted by atomic mass is 9.98. The zero-order valence-electron chi connectivity index (χ0n) is 16.2. The molecular formula is C23H23N3O4. The van der Waals surface area contributed by atoms with E-state index < -0.39 is 18.3 Å². The number of fused-ring (bicyclic) bond motifs is 3. The molecule has 7 heteroatoms. The lowest BCUT2D eigenvalue weighted by Crippen LogP contribution is -2.36. The van der Waals surface area contributed by atoms with Crippen LogP contribution in [0.3, 0.4) is 0 Å². The van der Waals surface area contributed by atoms with Crippen LogP contribution in [0, 0.1) is 0 Å². The number of hydrogen-bond acceptors (Lipinski definition) is 6. The number of hydrogen-bond donors (Lipinski definition) is 4. The summed E-state index contributed by atoms with van der Waals surface area (Å²) in [6.07, 6.45) is -1.63. The van der Waals surface area contributed by atoms with Crippen LogP contribution in [0.25, 0.3) is 11.1 Å². The number of aliphatic hydroxyl groups is 2. The molecule has 0 bridgehead atoms. The van der Waals surface area contributed by atoms with Gasteiger partial charge in [0.25, 0.3) is 0 Å². The number of carbonyl (C=O) groups is 1. The Balaban J connectivity index is 1.34. The van der Waals surface area contributed by atoms with Crippen LogP contribution in [-0.2, 0) is 4.74 Å². The molecule has 3 aromatic rings. The second-order valence-electron chi connectivity index (χ2n) is 7.23. The first-order chi connectivity index (χ1) is 14.5. The molecule has 0 saturated carbocycles. The fourth-order valence-corrected chi connectivity index (χ4v) is 3.82. The van der Waals surface area contributed by atoms with Crippen molar-refractivity contribution in [2.75, 3.05) is 18.9 Å². The molecule has 1 amide bonds. The van der Waals surface area contributed by atoms with Crippen LogP contribution in [0.15, 0.2) is 66.9 Å². The molecular weight excluding hydrogens is 382 g/mol.